The van der Waals surface area contributed by atoms with E-state index in [0.29, 0.717) is 17.1 Å². The molecule has 134 valence electrons. The molecule has 5 heteroatoms. The van der Waals surface area contributed by atoms with Crippen LogP contribution < -0.4 is 18.9 Å². The number of methoxy groups -OCH3 is 3. The Labute approximate surface area is 152 Å². The van der Waals surface area contributed by atoms with Crippen molar-refractivity contribution in [2.45, 2.75) is 0 Å². The Bertz CT molecular complexity index is 880. The highest BCUT2D eigenvalue weighted by molar-refractivity contribution is 6.10. The van der Waals surface area contributed by atoms with Crippen molar-refractivity contribution in [3.63, 3.8) is 0 Å². The number of carbonyl (C=O) groups is 1. The van der Waals surface area contributed by atoms with Crippen molar-refractivity contribution in [2.24, 2.45) is 0 Å². The molecule has 1 aliphatic heterocycles. The van der Waals surface area contributed by atoms with Gasteiger partial charge in [0.1, 0.15) is 29.6 Å². The van der Waals surface area contributed by atoms with Crippen LogP contribution in [-0.4, -0.2) is 33.7 Å². The maximum absolute atomic E-state index is 12.5. The van der Waals surface area contributed by atoms with Gasteiger partial charge < -0.3 is 18.9 Å². The van der Waals surface area contributed by atoms with Crippen LogP contribution in [0.25, 0.3) is 12.2 Å². The van der Waals surface area contributed by atoms with Gasteiger partial charge in [-0.1, -0.05) is 0 Å². The van der Waals surface area contributed by atoms with Crippen molar-refractivity contribution >= 4 is 17.9 Å². The summed E-state index contributed by atoms with van der Waals surface area (Å²) in [4.78, 5) is 12.5. The zero-order valence-electron chi connectivity index (χ0n) is 14.9. The average molecular weight is 352 g/mol. The molecular weight excluding hydrogens is 332 g/mol. The number of benzene rings is 2. The third-order valence-electron chi connectivity index (χ3n) is 4.10. The molecule has 0 saturated carbocycles. The molecule has 0 atom stereocenters. The lowest BCUT2D eigenvalue weighted by Crippen LogP contribution is -2.13. The van der Waals surface area contributed by atoms with Crippen LogP contribution in [0.4, 0.5) is 0 Å². The predicted octanol–water partition coefficient (Wildman–Crippen LogP) is 3.77. The first-order valence-electron chi connectivity index (χ1n) is 8.10. The summed E-state index contributed by atoms with van der Waals surface area (Å²) in [6.45, 7) is 0.238. The predicted molar refractivity (Wildman–Crippen MR) is 100 cm³/mol. The highest BCUT2D eigenvalue weighted by Crippen LogP contribution is 2.30. The molecule has 0 aromatic heterocycles. The van der Waals surface area contributed by atoms with E-state index in [4.69, 9.17) is 18.9 Å². The van der Waals surface area contributed by atoms with Crippen molar-refractivity contribution < 1.29 is 23.7 Å². The molecule has 1 heterocycles. The maximum Gasteiger partial charge on any atom is 0.185 e. The number of ether oxygens (including phenoxy) is 4. The van der Waals surface area contributed by atoms with Crippen LogP contribution in [0.15, 0.2) is 48.0 Å². The third-order valence-corrected chi connectivity index (χ3v) is 4.10. The summed E-state index contributed by atoms with van der Waals surface area (Å²) in [6.07, 6.45) is 5.08. The van der Waals surface area contributed by atoms with Gasteiger partial charge in [0.05, 0.1) is 21.3 Å². The fraction of sp³-hybridized carbons (Fsp3) is 0.190. The molecule has 0 unspecified atom stereocenters. The van der Waals surface area contributed by atoms with Gasteiger partial charge in [-0.15, -0.1) is 0 Å². The minimum atomic E-state index is -0.114. The topological polar surface area (TPSA) is 54.0 Å². The number of rotatable bonds is 6. The van der Waals surface area contributed by atoms with Crippen LogP contribution in [0, 0.1) is 0 Å². The molecule has 2 aromatic carbocycles. The number of hydrogen-bond donors (Lipinski definition) is 0. The van der Waals surface area contributed by atoms with E-state index < -0.39 is 0 Å². The number of carbonyl (C=O) groups excluding carboxylic acids is 1. The summed E-state index contributed by atoms with van der Waals surface area (Å²) >= 11 is 0. The average Bonchev–Trinajstić information content (AvgIpc) is 2.70. The summed E-state index contributed by atoms with van der Waals surface area (Å²) in [5.74, 6) is 2.67. The van der Waals surface area contributed by atoms with Gasteiger partial charge in [-0.05, 0) is 48.6 Å². The molecule has 0 N–H and O–H groups in total. The molecule has 1 aliphatic rings. The molecule has 0 fully saturated rings. The third kappa shape index (κ3) is 3.72. The molecule has 3 rings (SSSR count). The lowest BCUT2D eigenvalue weighted by molar-refractivity contribution is -0.111. The molecule has 0 bridgehead atoms. The van der Waals surface area contributed by atoms with Gasteiger partial charge in [-0.2, -0.15) is 0 Å². The molecule has 5 nitrogen and oxygen atoms in total. The minimum Gasteiger partial charge on any atom is -0.497 e. The fourth-order valence-corrected chi connectivity index (χ4v) is 2.65. The highest BCUT2D eigenvalue weighted by atomic mass is 16.5. The van der Waals surface area contributed by atoms with Gasteiger partial charge in [-0.3, -0.25) is 4.79 Å². The van der Waals surface area contributed by atoms with E-state index in [0.717, 1.165) is 22.6 Å². The van der Waals surface area contributed by atoms with Crippen LogP contribution >= 0.6 is 0 Å². The molecule has 0 aliphatic carbocycles. The van der Waals surface area contributed by atoms with E-state index >= 15 is 0 Å². The monoisotopic (exact) mass is 352 g/mol. The SMILES string of the molecule is COc1ccc2c(c1)C=C(C(=O)/C=C/c1ccc(OC)cc1OC)CO2. The first-order valence-corrected chi connectivity index (χ1v) is 8.10. The van der Waals surface area contributed by atoms with E-state index in [9.17, 15) is 4.79 Å². The summed E-state index contributed by atoms with van der Waals surface area (Å²) < 4.78 is 21.4. The lowest BCUT2D eigenvalue weighted by atomic mass is 10.0. The first kappa shape index (κ1) is 17.6. The van der Waals surface area contributed by atoms with Crippen molar-refractivity contribution in [1.29, 1.82) is 0 Å². The Morgan fingerprint density at radius 2 is 1.73 bits per heavy atom. The number of fused-ring (bicyclic) bond motifs is 1. The number of hydrogen-bond acceptors (Lipinski definition) is 5. The second kappa shape index (κ2) is 7.78. The molecule has 2 aromatic rings. The van der Waals surface area contributed by atoms with Crippen LogP contribution in [0.3, 0.4) is 0 Å². The summed E-state index contributed by atoms with van der Waals surface area (Å²) in [5.41, 5.74) is 2.20. The van der Waals surface area contributed by atoms with Gasteiger partial charge in [0, 0.05) is 22.8 Å². The maximum atomic E-state index is 12.5. The minimum absolute atomic E-state index is 0.114. The van der Waals surface area contributed by atoms with Crippen LogP contribution in [0.2, 0.25) is 0 Å². The van der Waals surface area contributed by atoms with Crippen molar-refractivity contribution in [2.75, 3.05) is 27.9 Å². The van der Waals surface area contributed by atoms with E-state index in [1.54, 1.807) is 33.5 Å². The molecule has 26 heavy (non-hydrogen) atoms. The fourth-order valence-electron chi connectivity index (χ4n) is 2.65. The summed E-state index contributed by atoms with van der Waals surface area (Å²) in [5, 5.41) is 0. The van der Waals surface area contributed by atoms with Crippen molar-refractivity contribution in [3.05, 3.63) is 59.2 Å². The molecule has 0 amide bonds. The quantitative estimate of drug-likeness (QED) is 0.741. The van der Waals surface area contributed by atoms with Gasteiger partial charge >= 0.3 is 0 Å². The summed E-state index contributed by atoms with van der Waals surface area (Å²) in [7, 11) is 4.78. The van der Waals surface area contributed by atoms with Crippen LogP contribution in [0.1, 0.15) is 11.1 Å². The lowest BCUT2D eigenvalue weighted by Gasteiger charge is -2.17. The van der Waals surface area contributed by atoms with E-state index in [1.807, 2.05) is 36.4 Å². The van der Waals surface area contributed by atoms with Crippen molar-refractivity contribution in [1.82, 2.24) is 0 Å². The highest BCUT2D eigenvalue weighted by Gasteiger charge is 2.16. The van der Waals surface area contributed by atoms with Crippen LogP contribution in [0.5, 0.6) is 23.0 Å². The zero-order valence-corrected chi connectivity index (χ0v) is 14.9. The standard InChI is InChI=1S/C21H20O5/c1-23-17-7-9-20-15(11-17)10-16(13-26-20)19(22)8-5-14-4-6-18(24-2)12-21(14)25-3/h4-12H,13H2,1-3H3/b8-5+. The van der Waals surface area contributed by atoms with Gasteiger partial charge in [0.2, 0.25) is 0 Å². The molecular formula is C21H20O5. The Kier molecular flexibility index (Phi) is 5.27. The van der Waals surface area contributed by atoms with Gasteiger partial charge in [0.25, 0.3) is 0 Å². The van der Waals surface area contributed by atoms with Gasteiger partial charge in [-0.25, -0.2) is 0 Å². The van der Waals surface area contributed by atoms with E-state index in [1.165, 1.54) is 6.08 Å². The van der Waals surface area contributed by atoms with Gasteiger partial charge in [0.15, 0.2) is 5.78 Å². The van der Waals surface area contributed by atoms with E-state index in [-0.39, 0.29) is 12.4 Å². The Hall–Kier alpha value is -3.21. The number of ketones is 1. The summed E-state index contributed by atoms with van der Waals surface area (Å²) in [6, 6.07) is 10.9. The zero-order chi connectivity index (χ0) is 18.5. The number of allylic oxidation sites excluding steroid dienone is 1. The first-order chi connectivity index (χ1) is 12.6. The Morgan fingerprint density at radius 1 is 1.00 bits per heavy atom. The second-order valence-corrected chi connectivity index (χ2v) is 5.67. The second-order valence-electron chi connectivity index (χ2n) is 5.67. The Morgan fingerprint density at radius 3 is 2.46 bits per heavy atom. The van der Waals surface area contributed by atoms with Crippen molar-refractivity contribution in [3.8, 4) is 23.0 Å². The van der Waals surface area contributed by atoms with E-state index in [2.05, 4.69) is 0 Å². The normalized spacial score (nSPS) is 12.8. The molecule has 0 saturated heterocycles. The Balaban J connectivity index is 1.82. The molecule has 0 radical (unpaired) electrons. The smallest absolute Gasteiger partial charge is 0.185 e. The van der Waals surface area contributed by atoms with Crippen LogP contribution in [-0.2, 0) is 4.79 Å². The molecule has 0 spiro atoms. The largest absolute Gasteiger partial charge is 0.497 e.